The summed E-state index contributed by atoms with van der Waals surface area (Å²) in [5, 5.41) is 3.05. The van der Waals surface area contributed by atoms with Crippen molar-refractivity contribution >= 4 is 40.0 Å². The molecule has 0 radical (unpaired) electrons. The summed E-state index contributed by atoms with van der Waals surface area (Å²) in [5.74, 6) is 0.341. The van der Waals surface area contributed by atoms with E-state index in [-0.39, 0.29) is 28.9 Å². The van der Waals surface area contributed by atoms with Gasteiger partial charge in [0, 0.05) is 6.54 Å². The lowest BCUT2D eigenvalue weighted by atomic mass is 10.1. The van der Waals surface area contributed by atoms with Gasteiger partial charge >= 0.3 is 0 Å². The second-order valence-electron chi connectivity index (χ2n) is 5.22. The highest BCUT2D eigenvalue weighted by Gasteiger charge is 2.10. The van der Waals surface area contributed by atoms with Crippen LogP contribution in [0.15, 0.2) is 64.5 Å². The van der Waals surface area contributed by atoms with E-state index in [0.29, 0.717) is 19.0 Å². The molecule has 0 aliphatic rings. The first-order valence-electron chi connectivity index (χ1n) is 7.61. The molecule has 136 valence electrons. The summed E-state index contributed by atoms with van der Waals surface area (Å²) in [4.78, 5) is 4.46. The molecule has 0 saturated carbocycles. The zero-order chi connectivity index (χ0) is 17.4. The van der Waals surface area contributed by atoms with Gasteiger partial charge in [-0.25, -0.2) is 18.1 Å². The number of nitrogens with two attached hydrogens (primary N) is 1. The third-order valence-electron chi connectivity index (χ3n) is 3.47. The molecule has 2 rings (SSSR count). The average molecular weight is 474 g/mol. The molecule has 0 spiro atoms. The summed E-state index contributed by atoms with van der Waals surface area (Å²) in [6, 6.07) is 16.7. The van der Waals surface area contributed by atoms with Crippen LogP contribution in [0.5, 0.6) is 0 Å². The Hall–Kier alpha value is -1.65. The maximum Gasteiger partial charge on any atom is 0.240 e. The number of nitrogens with zero attached hydrogens (tertiary/aromatic N) is 1. The third kappa shape index (κ3) is 7.00. The highest BCUT2D eigenvalue weighted by atomic mass is 127. The average Bonchev–Trinajstić information content (AvgIpc) is 2.61. The van der Waals surface area contributed by atoms with Crippen molar-refractivity contribution in [1.82, 2.24) is 10.0 Å². The number of hydrogen-bond acceptors (Lipinski definition) is 3. The number of nitrogens with one attached hydrogen (secondary N) is 2. The Labute approximate surface area is 166 Å². The number of guanidine groups is 1. The monoisotopic (exact) mass is 474 g/mol. The van der Waals surface area contributed by atoms with Gasteiger partial charge in [0.05, 0.1) is 11.4 Å². The summed E-state index contributed by atoms with van der Waals surface area (Å²) in [5.41, 5.74) is 7.85. The van der Waals surface area contributed by atoms with Crippen LogP contribution < -0.4 is 15.8 Å². The predicted molar refractivity (Wildman–Crippen MR) is 112 cm³/mol. The maximum absolute atomic E-state index is 11.8. The largest absolute Gasteiger partial charge is 0.370 e. The third-order valence-corrected chi connectivity index (χ3v) is 4.88. The van der Waals surface area contributed by atoms with Crippen LogP contribution in [0, 0.1) is 0 Å². The van der Waals surface area contributed by atoms with Gasteiger partial charge in [0.1, 0.15) is 0 Å². The minimum Gasteiger partial charge on any atom is -0.370 e. The fourth-order valence-corrected chi connectivity index (χ4v) is 2.94. The lowest BCUT2D eigenvalue weighted by Crippen LogP contribution is -2.33. The zero-order valence-corrected chi connectivity index (χ0v) is 17.1. The molecule has 0 aromatic heterocycles. The number of rotatable bonds is 7. The Kier molecular flexibility index (Phi) is 8.87. The lowest BCUT2D eigenvalue weighted by molar-refractivity contribution is 0.588. The molecule has 0 aliphatic carbocycles. The van der Waals surface area contributed by atoms with Gasteiger partial charge in [-0.2, -0.15) is 0 Å². The molecule has 0 amide bonds. The van der Waals surface area contributed by atoms with Crippen LogP contribution in [0.3, 0.4) is 0 Å². The van der Waals surface area contributed by atoms with Crippen molar-refractivity contribution in [3.05, 3.63) is 65.7 Å². The van der Waals surface area contributed by atoms with Gasteiger partial charge in [0.15, 0.2) is 5.96 Å². The maximum atomic E-state index is 11.8. The summed E-state index contributed by atoms with van der Waals surface area (Å²) in [6.07, 6.45) is 0.854. The Morgan fingerprint density at radius 2 is 1.76 bits per heavy atom. The standard InChI is InChI=1S/C17H22N4O2S.HI/c1-19-24(22,23)16-9-5-8-15(12-16)13-21-17(18)20-11-10-14-6-3-2-4-7-14;/h2-9,12,19H,10-11,13H2,1H3,(H3,18,20,21);1H. The van der Waals surface area contributed by atoms with Gasteiger partial charge in [0.25, 0.3) is 0 Å². The van der Waals surface area contributed by atoms with Crippen molar-refractivity contribution in [3.8, 4) is 0 Å². The minimum atomic E-state index is -3.45. The van der Waals surface area contributed by atoms with Gasteiger partial charge in [-0.1, -0.05) is 42.5 Å². The van der Waals surface area contributed by atoms with Gasteiger partial charge in [0.2, 0.25) is 10.0 Å². The molecule has 0 saturated heterocycles. The van der Waals surface area contributed by atoms with Gasteiger partial charge in [-0.15, -0.1) is 24.0 Å². The number of benzene rings is 2. The molecule has 8 heteroatoms. The Balaban J connectivity index is 0.00000312. The summed E-state index contributed by atoms with van der Waals surface area (Å²) in [7, 11) is -2.07. The fourth-order valence-electron chi connectivity index (χ4n) is 2.14. The minimum absolute atomic E-state index is 0. The molecule has 2 aromatic carbocycles. The molecule has 0 atom stereocenters. The van der Waals surface area contributed by atoms with Crippen LogP contribution in [0.25, 0.3) is 0 Å². The van der Waals surface area contributed by atoms with Crippen LogP contribution >= 0.6 is 24.0 Å². The second kappa shape index (κ2) is 10.4. The molecule has 4 N–H and O–H groups in total. The number of hydrogen-bond donors (Lipinski definition) is 3. The highest BCUT2D eigenvalue weighted by molar-refractivity contribution is 14.0. The van der Waals surface area contributed by atoms with Crippen molar-refractivity contribution in [3.63, 3.8) is 0 Å². The van der Waals surface area contributed by atoms with E-state index < -0.39 is 10.0 Å². The second-order valence-corrected chi connectivity index (χ2v) is 7.11. The van der Waals surface area contributed by atoms with E-state index in [1.54, 1.807) is 18.2 Å². The number of aliphatic imine (C=N–C) groups is 1. The van der Waals surface area contributed by atoms with Crippen molar-refractivity contribution in [2.75, 3.05) is 13.6 Å². The quantitative estimate of drug-likeness (QED) is 0.324. The van der Waals surface area contributed by atoms with E-state index in [4.69, 9.17) is 5.73 Å². The normalized spacial score (nSPS) is 11.6. The van der Waals surface area contributed by atoms with Crippen LogP contribution in [0.1, 0.15) is 11.1 Å². The summed E-state index contributed by atoms with van der Waals surface area (Å²) < 4.78 is 25.9. The molecular formula is C17H23IN4O2S. The Bertz CT molecular complexity index is 795. The topological polar surface area (TPSA) is 96.6 Å². The first-order valence-corrected chi connectivity index (χ1v) is 9.10. The van der Waals surface area contributed by atoms with Crippen LogP contribution in [0.2, 0.25) is 0 Å². The van der Waals surface area contributed by atoms with Gasteiger partial charge in [-0.3, -0.25) is 0 Å². The molecule has 0 fully saturated rings. The lowest BCUT2D eigenvalue weighted by Gasteiger charge is -2.07. The first-order chi connectivity index (χ1) is 11.5. The predicted octanol–water partition coefficient (Wildman–Crippen LogP) is 1.86. The molecule has 25 heavy (non-hydrogen) atoms. The van der Waals surface area contributed by atoms with Crippen LogP contribution in [-0.4, -0.2) is 28.0 Å². The van der Waals surface area contributed by atoms with Crippen molar-refractivity contribution in [2.24, 2.45) is 10.7 Å². The van der Waals surface area contributed by atoms with E-state index in [9.17, 15) is 8.42 Å². The van der Waals surface area contributed by atoms with E-state index in [1.165, 1.54) is 12.6 Å². The molecule has 6 nitrogen and oxygen atoms in total. The van der Waals surface area contributed by atoms with Gasteiger partial charge in [-0.05, 0) is 36.7 Å². The summed E-state index contributed by atoms with van der Waals surface area (Å²) in [6.45, 7) is 1.00. The zero-order valence-electron chi connectivity index (χ0n) is 14.0. The molecule has 0 unspecified atom stereocenters. The van der Waals surface area contributed by atoms with Gasteiger partial charge < -0.3 is 11.1 Å². The summed E-state index contributed by atoms with van der Waals surface area (Å²) >= 11 is 0. The van der Waals surface area contributed by atoms with Crippen molar-refractivity contribution in [1.29, 1.82) is 0 Å². The Morgan fingerprint density at radius 3 is 2.44 bits per heavy atom. The first kappa shape index (κ1) is 21.4. The highest BCUT2D eigenvalue weighted by Crippen LogP contribution is 2.11. The van der Waals surface area contributed by atoms with Crippen molar-refractivity contribution < 1.29 is 8.42 Å². The molecular weight excluding hydrogens is 451 g/mol. The van der Waals surface area contributed by atoms with Crippen LogP contribution in [0.4, 0.5) is 0 Å². The van der Waals surface area contributed by atoms with Crippen LogP contribution in [-0.2, 0) is 23.0 Å². The van der Waals surface area contributed by atoms with E-state index >= 15 is 0 Å². The molecule has 0 aliphatic heterocycles. The molecule has 0 heterocycles. The van der Waals surface area contributed by atoms with E-state index in [1.807, 2.05) is 24.3 Å². The Morgan fingerprint density at radius 1 is 1.08 bits per heavy atom. The van der Waals surface area contributed by atoms with Crippen molar-refractivity contribution in [2.45, 2.75) is 17.9 Å². The SMILES string of the molecule is CNS(=O)(=O)c1cccc(CN=C(N)NCCc2ccccc2)c1.I. The number of halogens is 1. The number of sulfonamides is 1. The molecule has 0 bridgehead atoms. The van der Waals surface area contributed by atoms with E-state index in [0.717, 1.165) is 12.0 Å². The molecule has 2 aromatic rings. The fraction of sp³-hybridized carbons (Fsp3) is 0.235. The smallest absolute Gasteiger partial charge is 0.240 e. The van der Waals surface area contributed by atoms with E-state index in [2.05, 4.69) is 27.2 Å².